The van der Waals surface area contributed by atoms with E-state index in [9.17, 15) is 4.79 Å². The van der Waals surface area contributed by atoms with Gasteiger partial charge >= 0.3 is 0 Å². The van der Waals surface area contributed by atoms with Gasteiger partial charge in [-0.25, -0.2) is 10.8 Å². The van der Waals surface area contributed by atoms with Gasteiger partial charge in [0.15, 0.2) is 0 Å². The Kier molecular flexibility index (Phi) is 4.55. The molecule has 5 nitrogen and oxygen atoms in total. The lowest BCUT2D eigenvalue weighted by atomic mass is 10.1. The third-order valence-corrected chi connectivity index (χ3v) is 2.97. The number of aromatic nitrogens is 1. The molecule has 2 aromatic rings. The molecule has 104 valence electrons. The first-order chi connectivity index (χ1) is 9.58. The van der Waals surface area contributed by atoms with Gasteiger partial charge in [0.2, 0.25) is 0 Å². The molecule has 0 saturated heterocycles. The molecule has 1 amide bonds. The fourth-order valence-electron chi connectivity index (χ4n) is 1.69. The monoisotopic (exact) mass is 290 g/mol. The van der Waals surface area contributed by atoms with Crippen molar-refractivity contribution in [2.24, 2.45) is 5.84 Å². The number of anilines is 1. The van der Waals surface area contributed by atoms with E-state index in [0.717, 1.165) is 5.56 Å². The molecule has 0 aliphatic rings. The summed E-state index contributed by atoms with van der Waals surface area (Å²) in [6, 6.07) is 11.0. The van der Waals surface area contributed by atoms with Crippen LogP contribution < -0.4 is 16.6 Å². The highest BCUT2D eigenvalue weighted by molar-refractivity contribution is 6.29. The van der Waals surface area contributed by atoms with Gasteiger partial charge in [0, 0.05) is 12.1 Å². The maximum atomic E-state index is 12.0. The van der Waals surface area contributed by atoms with E-state index in [1.165, 1.54) is 17.7 Å². The molecule has 6 heteroatoms. The summed E-state index contributed by atoms with van der Waals surface area (Å²) in [6.45, 7) is 2.47. The molecule has 4 N–H and O–H groups in total. The van der Waals surface area contributed by atoms with Crippen molar-refractivity contribution < 1.29 is 4.79 Å². The van der Waals surface area contributed by atoms with Crippen molar-refractivity contribution in [1.29, 1.82) is 0 Å². The number of rotatable bonds is 4. The van der Waals surface area contributed by atoms with Crippen LogP contribution in [0.5, 0.6) is 0 Å². The number of aryl methyl sites for hydroxylation is 1. The Balaban J connectivity index is 2.04. The van der Waals surface area contributed by atoms with Gasteiger partial charge in [-0.15, -0.1) is 0 Å². The lowest BCUT2D eigenvalue weighted by molar-refractivity contribution is 0.0951. The topological polar surface area (TPSA) is 80.0 Å². The number of amides is 1. The maximum Gasteiger partial charge on any atom is 0.251 e. The number of hydrazine groups is 1. The Labute approximate surface area is 122 Å². The summed E-state index contributed by atoms with van der Waals surface area (Å²) in [5, 5.41) is 3.03. The molecule has 0 spiro atoms. The number of halogens is 1. The Morgan fingerprint density at radius 2 is 2.00 bits per heavy atom. The molecule has 1 aromatic carbocycles. The van der Waals surface area contributed by atoms with Crippen molar-refractivity contribution in [2.45, 2.75) is 13.5 Å². The SMILES string of the molecule is Cc1ccc(CNC(=O)c2cc(Cl)nc(NN)c2)cc1. The van der Waals surface area contributed by atoms with Gasteiger partial charge < -0.3 is 10.7 Å². The highest BCUT2D eigenvalue weighted by atomic mass is 35.5. The van der Waals surface area contributed by atoms with Crippen LogP contribution in [0.4, 0.5) is 5.82 Å². The summed E-state index contributed by atoms with van der Waals surface area (Å²) in [5.41, 5.74) is 4.98. The van der Waals surface area contributed by atoms with E-state index in [4.69, 9.17) is 17.4 Å². The van der Waals surface area contributed by atoms with E-state index >= 15 is 0 Å². The van der Waals surface area contributed by atoms with Gasteiger partial charge in [-0.05, 0) is 24.6 Å². The number of benzene rings is 1. The molecule has 0 aliphatic heterocycles. The van der Waals surface area contributed by atoms with Gasteiger partial charge in [0.05, 0.1) is 0 Å². The number of hydrogen-bond donors (Lipinski definition) is 3. The molecule has 0 unspecified atom stereocenters. The maximum absolute atomic E-state index is 12.0. The van der Waals surface area contributed by atoms with Crippen molar-refractivity contribution in [1.82, 2.24) is 10.3 Å². The summed E-state index contributed by atoms with van der Waals surface area (Å²) in [7, 11) is 0. The summed E-state index contributed by atoms with van der Waals surface area (Å²) >= 11 is 5.82. The van der Waals surface area contributed by atoms with E-state index in [-0.39, 0.29) is 11.1 Å². The zero-order valence-electron chi connectivity index (χ0n) is 11.0. The minimum Gasteiger partial charge on any atom is -0.348 e. The van der Waals surface area contributed by atoms with Crippen molar-refractivity contribution in [2.75, 3.05) is 5.43 Å². The van der Waals surface area contributed by atoms with Crippen LogP contribution in [0.15, 0.2) is 36.4 Å². The van der Waals surface area contributed by atoms with E-state index in [1.54, 1.807) is 0 Å². The van der Waals surface area contributed by atoms with Gasteiger partial charge in [-0.1, -0.05) is 41.4 Å². The van der Waals surface area contributed by atoms with Crippen molar-refractivity contribution in [3.63, 3.8) is 0 Å². The van der Waals surface area contributed by atoms with E-state index in [2.05, 4.69) is 15.7 Å². The van der Waals surface area contributed by atoms with Crippen LogP contribution in [-0.2, 0) is 6.54 Å². The lowest BCUT2D eigenvalue weighted by Gasteiger charge is -2.07. The first kappa shape index (κ1) is 14.3. The molecule has 0 radical (unpaired) electrons. The average Bonchev–Trinajstić information content (AvgIpc) is 2.45. The van der Waals surface area contributed by atoms with Crippen molar-refractivity contribution in [3.8, 4) is 0 Å². The number of nitrogens with zero attached hydrogens (tertiary/aromatic N) is 1. The van der Waals surface area contributed by atoms with Crippen LogP contribution in [0, 0.1) is 6.92 Å². The fourth-order valence-corrected chi connectivity index (χ4v) is 1.90. The molecule has 2 rings (SSSR count). The van der Waals surface area contributed by atoms with Gasteiger partial charge in [-0.3, -0.25) is 4.79 Å². The number of hydrogen-bond acceptors (Lipinski definition) is 4. The molecule has 0 atom stereocenters. The highest BCUT2D eigenvalue weighted by Crippen LogP contribution is 2.14. The molecule has 0 bridgehead atoms. The van der Waals surface area contributed by atoms with E-state index in [1.807, 2.05) is 31.2 Å². The number of nitrogen functional groups attached to an aromatic ring is 1. The third kappa shape index (κ3) is 3.69. The Hall–Kier alpha value is -2.11. The van der Waals surface area contributed by atoms with Gasteiger partial charge in [0.25, 0.3) is 5.91 Å². The number of nitrogens with two attached hydrogens (primary N) is 1. The number of carbonyl (C=O) groups is 1. The van der Waals surface area contributed by atoms with Gasteiger partial charge in [-0.2, -0.15) is 0 Å². The molecule has 0 fully saturated rings. The van der Waals surface area contributed by atoms with Crippen LogP contribution in [0.3, 0.4) is 0 Å². The summed E-state index contributed by atoms with van der Waals surface area (Å²) in [4.78, 5) is 16.0. The molecule has 0 saturated carbocycles. The summed E-state index contributed by atoms with van der Waals surface area (Å²) in [5.74, 6) is 5.38. The number of pyridine rings is 1. The minimum atomic E-state index is -0.230. The zero-order chi connectivity index (χ0) is 14.5. The van der Waals surface area contributed by atoms with Gasteiger partial charge in [0.1, 0.15) is 11.0 Å². The van der Waals surface area contributed by atoms with Crippen molar-refractivity contribution in [3.05, 3.63) is 58.2 Å². The summed E-state index contributed by atoms with van der Waals surface area (Å²) in [6.07, 6.45) is 0. The molecule has 1 aromatic heterocycles. The Morgan fingerprint density at radius 1 is 1.30 bits per heavy atom. The predicted octanol–water partition coefficient (Wildman–Crippen LogP) is 2.26. The van der Waals surface area contributed by atoms with E-state index < -0.39 is 0 Å². The third-order valence-electron chi connectivity index (χ3n) is 2.78. The average molecular weight is 291 g/mol. The first-order valence-corrected chi connectivity index (χ1v) is 6.44. The Bertz CT molecular complexity index is 613. The predicted molar refractivity (Wildman–Crippen MR) is 79.4 cm³/mol. The smallest absolute Gasteiger partial charge is 0.251 e. The van der Waals surface area contributed by atoms with Crippen LogP contribution in [0.25, 0.3) is 0 Å². The quantitative estimate of drug-likeness (QED) is 0.458. The largest absolute Gasteiger partial charge is 0.348 e. The van der Waals surface area contributed by atoms with Crippen LogP contribution in [-0.4, -0.2) is 10.9 Å². The van der Waals surface area contributed by atoms with Crippen LogP contribution >= 0.6 is 11.6 Å². The second-order valence-electron chi connectivity index (χ2n) is 4.38. The second-order valence-corrected chi connectivity index (χ2v) is 4.76. The van der Waals surface area contributed by atoms with Crippen LogP contribution in [0.2, 0.25) is 5.15 Å². The van der Waals surface area contributed by atoms with E-state index in [0.29, 0.717) is 17.9 Å². The van der Waals surface area contributed by atoms with Crippen molar-refractivity contribution >= 4 is 23.3 Å². The number of carbonyl (C=O) groups excluding carboxylic acids is 1. The zero-order valence-corrected chi connectivity index (χ0v) is 11.7. The molecular weight excluding hydrogens is 276 g/mol. The molecular formula is C14H15ClN4O. The molecule has 1 heterocycles. The number of nitrogens with one attached hydrogen (secondary N) is 2. The first-order valence-electron chi connectivity index (χ1n) is 6.06. The standard InChI is InChI=1S/C14H15ClN4O/c1-9-2-4-10(5-3-9)8-17-14(20)11-6-12(15)18-13(7-11)19-16/h2-7H,8,16H2,1H3,(H,17,20)(H,18,19). The fraction of sp³-hybridized carbons (Fsp3) is 0.143. The summed E-state index contributed by atoms with van der Waals surface area (Å²) < 4.78 is 0. The Morgan fingerprint density at radius 3 is 2.65 bits per heavy atom. The normalized spacial score (nSPS) is 10.2. The highest BCUT2D eigenvalue weighted by Gasteiger charge is 2.08. The lowest BCUT2D eigenvalue weighted by Crippen LogP contribution is -2.23. The second kappa shape index (κ2) is 6.36. The van der Waals surface area contributed by atoms with Crippen LogP contribution in [0.1, 0.15) is 21.5 Å². The molecule has 0 aliphatic carbocycles. The molecule has 20 heavy (non-hydrogen) atoms. The minimum absolute atomic E-state index is 0.209.